The zero-order valence-electron chi connectivity index (χ0n) is 12.3. The molecule has 0 aromatic heterocycles. The smallest absolute Gasteiger partial charge is 0.282 e. The molecule has 0 fully saturated rings. The fraction of sp³-hybridized carbons (Fsp3) is 0.500. The number of hydrogen-bond donors (Lipinski definition) is 2. The fourth-order valence-corrected chi connectivity index (χ4v) is 2.99. The molecule has 0 bridgehead atoms. The molecule has 7 heteroatoms. The number of nitro benzene ring substituents is 1. The Morgan fingerprint density at radius 1 is 1.48 bits per heavy atom. The molecule has 1 rings (SSSR count). The van der Waals surface area contributed by atoms with Gasteiger partial charge in [0.2, 0.25) is 5.91 Å². The molecule has 21 heavy (non-hydrogen) atoms. The van der Waals surface area contributed by atoms with Gasteiger partial charge in [-0.1, -0.05) is 19.1 Å². The van der Waals surface area contributed by atoms with Crippen molar-refractivity contribution in [3.05, 3.63) is 34.4 Å². The van der Waals surface area contributed by atoms with E-state index in [0.29, 0.717) is 23.6 Å². The molecule has 1 aromatic rings. The van der Waals surface area contributed by atoms with E-state index in [9.17, 15) is 14.9 Å². The Kier molecular flexibility index (Phi) is 6.64. The molecule has 0 spiro atoms. The van der Waals surface area contributed by atoms with Crippen LogP contribution in [0.15, 0.2) is 29.2 Å². The molecule has 0 radical (unpaired) electrons. The quantitative estimate of drug-likeness (QED) is 0.414. The van der Waals surface area contributed by atoms with Crippen LogP contribution in [0.3, 0.4) is 0 Å². The number of nitrogens with zero attached hydrogens (tertiary/aromatic N) is 1. The number of nitrogens with two attached hydrogens (primary N) is 1. The largest absolute Gasteiger partial charge is 0.368 e. The maximum Gasteiger partial charge on any atom is 0.282 e. The first kappa shape index (κ1) is 17.5. The number of nitro groups is 1. The Morgan fingerprint density at radius 2 is 2.14 bits per heavy atom. The molecule has 1 atom stereocenters. The summed E-state index contributed by atoms with van der Waals surface area (Å²) >= 11 is 1.36. The van der Waals surface area contributed by atoms with Gasteiger partial charge in [-0.15, -0.1) is 11.8 Å². The van der Waals surface area contributed by atoms with Crippen LogP contribution in [-0.4, -0.2) is 28.7 Å². The van der Waals surface area contributed by atoms with Gasteiger partial charge in [0.25, 0.3) is 5.69 Å². The molecule has 0 heterocycles. The number of carbonyl (C=O) groups excluding carboxylic acids is 1. The van der Waals surface area contributed by atoms with E-state index < -0.39 is 16.4 Å². The predicted octanol–water partition coefficient (Wildman–Crippen LogP) is 2.32. The number of thioether (sulfide) groups is 1. The SMILES string of the molecule is CCCNC(C)(CCSc1ccccc1[N+](=O)[O-])C(N)=O. The van der Waals surface area contributed by atoms with Gasteiger partial charge in [-0.05, 0) is 32.4 Å². The third kappa shape index (κ3) is 5.02. The summed E-state index contributed by atoms with van der Waals surface area (Å²) in [6.45, 7) is 4.48. The van der Waals surface area contributed by atoms with Crippen molar-refractivity contribution in [2.45, 2.75) is 37.1 Å². The minimum Gasteiger partial charge on any atom is -0.368 e. The number of primary amides is 1. The van der Waals surface area contributed by atoms with Gasteiger partial charge in [0.15, 0.2) is 0 Å². The van der Waals surface area contributed by atoms with Gasteiger partial charge in [0.05, 0.1) is 15.4 Å². The molecule has 0 saturated carbocycles. The molecule has 1 unspecified atom stereocenters. The highest BCUT2D eigenvalue weighted by Gasteiger charge is 2.29. The minimum atomic E-state index is -0.785. The first-order valence-electron chi connectivity index (χ1n) is 6.82. The molecular formula is C14H21N3O3S. The maximum absolute atomic E-state index is 11.6. The van der Waals surface area contributed by atoms with Crippen molar-refractivity contribution < 1.29 is 9.72 Å². The molecule has 1 amide bonds. The van der Waals surface area contributed by atoms with Gasteiger partial charge in [0.1, 0.15) is 0 Å². The lowest BCUT2D eigenvalue weighted by atomic mass is 9.98. The van der Waals surface area contributed by atoms with Crippen LogP contribution in [0, 0.1) is 10.1 Å². The Morgan fingerprint density at radius 3 is 2.71 bits per heavy atom. The average Bonchev–Trinajstić information content (AvgIpc) is 2.45. The van der Waals surface area contributed by atoms with Crippen molar-refractivity contribution >= 4 is 23.4 Å². The molecule has 3 N–H and O–H groups in total. The van der Waals surface area contributed by atoms with E-state index in [1.165, 1.54) is 17.8 Å². The second kappa shape index (κ2) is 7.99. The molecule has 0 aliphatic heterocycles. The van der Waals surface area contributed by atoms with Gasteiger partial charge in [-0.2, -0.15) is 0 Å². The fourth-order valence-electron chi connectivity index (χ4n) is 1.79. The number of rotatable bonds is 9. The van der Waals surface area contributed by atoms with Crippen molar-refractivity contribution in [1.82, 2.24) is 5.32 Å². The van der Waals surface area contributed by atoms with E-state index in [1.807, 2.05) is 6.92 Å². The Labute approximate surface area is 128 Å². The van der Waals surface area contributed by atoms with Crippen LogP contribution in [0.4, 0.5) is 5.69 Å². The number of para-hydroxylation sites is 1. The van der Waals surface area contributed by atoms with Gasteiger partial charge in [0, 0.05) is 11.8 Å². The lowest BCUT2D eigenvalue weighted by Crippen LogP contribution is -2.53. The molecule has 1 aromatic carbocycles. The highest BCUT2D eigenvalue weighted by molar-refractivity contribution is 7.99. The van der Waals surface area contributed by atoms with Gasteiger partial charge in [-0.25, -0.2) is 0 Å². The van der Waals surface area contributed by atoms with Crippen LogP contribution in [0.5, 0.6) is 0 Å². The van der Waals surface area contributed by atoms with E-state index in [0.717, 1.165) is 6.42 Å². The van der Waals surface area contributed by atoms with Gasteiger partial charge in [-0.3, -0.25) is 14.9 Å². The topological polar surface area (TPSA) is 98.3 Å². The molecule has 0 aliphatic rings. The minimum absolute atomic E-state index is 0.0878. The summed E-state index contributed by atoms with van der Waals surface area (Å²) in [5.41, 5.74) is 4.75. The van der Waals surface area contributed by atoms with Crippen LogP contribution < -0.4 is 11.1 Å². The Bertz CT molecular complexity index is 510. The monoisotopic (exact) mass is 311 g/mol. The molecule has 0 saturated heterocycles. The number of hydrogen-bond acceptors (Lipinski definition) is 5. The summed E-state index contributed by atoms with van der Waals surface area (Å²) in [5.74, 6) is 0.167. The van der Waals surface area contributed by atoms with Crippen LogP contribution >= 0.6 is 11.8 Å². The highest BCUT2D eigenvalue weighted by atomic mass is 32.2. The maximum atomic E-state index is 11.6. The van der Waals surface area contributed by atoms with Gasteiger partial charge >= 0.3 is 0 Å². The summed E-state index contributed by atoms with van der Waals surface area (Å²) in [6, 6.07) is 6.59. The average molecular weight is 311 g/mol. The molecule has 0 aliphatic carbocycles. The number of benzene rings is 1. The third-order valence-electron chi connectivity index (χ3n) is 3.23. The highest BCUT2D eigenvalue weighted by Crippen LogP contribution is 2.30. The van der Waals surface area contributed by atoms with Crippen LogP contribution in [0.1, 0.15) is 26.7 Å². The zero-order chi connectivity index (χ0) is 15.9. The lowest BCUT2D eigenvalue weighted by Gasteiger charge is -2.27. The van der Waals surface area contributed by atoms with E-state index in [-0.39, 0.29) is 5.69 Å². The summed E-state index contributed by atoms with van der Waals surface area (Å²) in [5, 5.41) is 14.1. The van der Waals surface area contributed by atoms with E-state index >= 15 is 0 Å². The van der Waals surface area contributed by atoms with Crippen molar-refractivity contribution in [1.29, 1.82) is 0 Å². The van der Waals surface area contributed by atoms with E-state index in [2.05, 4.69) is 5.32 Å². The number of carbonyl (C=O) groups is 1. The van der Waals surface area contributed by atoms with E-state index in [4.69, 9.17) is 5.73 Å². The molecule has 116 valence electrons. The Balaban J connectivity index is 2.67. The van der Waals surface area contributed by atoms with E-state index in [1.54, 1.807) is 25.1 Å². The van der Waals surface area contributed by atoms with Crippen LogP contribution in [0.2, 0.25) is 0 Å². The van der Waals surface area contributed by atoms with Crippen molar-refractivity contribution in [2.24, 2.45) is 5.73 Å². The summed E-state index contributed by atoms with van der Waals surface area (Å²) in [6.07, 6.45) is 1.42. The first-order valence-corrected chi connectivity index (χ1v) is 7.80. The Hall–Kier alpha value is -1.60. The van der Waals surface area contributed by atoms with Crippen molar-refractivity contribution in [3.8, 4) is 0 Å². The zero-order valence-corrected chi connectivity index (χ0v) is 13.1. The normalized spacial score (nSPS) is 13.6. The summed E-state index contributed by atoms with van der Waals surface area (Å²) in [7, 11) is 0. The van der Waals surface area contributed by atoms with Crippen molar-refractivity contribution in [2.75, 3.05) is 12.3 Å². The molecule has 6 nitrogen and oxygen atoms in total. The van der Waals surface area contributed by atoms with Crippen molar-refractivity contribution in [3.63, 3.8) is 0 Å². The predicted molar refractivity (Wildman–Crippen MR) is 84.3 cm³/mol. The third-order valence-corrected chi connectivity index (χ3v) is 4.30. The second-order valence-electron chi connectivity index (χ2n) is 4.95. The number of nitrogens with one attached hydrogen (secondary N) is 1. The molecular weight excluding hydrogens is 290 g/mol. The first-order chi connectivity index (χ1) is 9.90. The standard InChI is InChI=1S/C14H21N3O3S/c1-3-9-16-14(2,13(15)18)8-10-21-12-7-5-4-6-11(12)17(19)20/h4-7,16H,3,8-10H2,1-2H3,(H2,15,18). The second-order valence-corrected chi connectivity index (χ2v) is 6.08. The summed E-state index contributed by atoms with van der Waals surface area (Å²) in [4.78, 5) is 22.7. The number of amides is 1. The van der Waals surface area contributed by atoms with Gasteiger partial charge < -0.3 is 11.1 Å². The summed E-state index contributed by atoms with van der Waals surface area (Å²) < 4.78 is 0. The van der Waals surface area contributed by atoms with Crippen LogP contribution in [0.25, 0.3) is 0 Å². The van der Waals surface area contributed by atoms with Crippen LogP contribution in [-0.2, 0) is 4.79 Å². The lowest BCUT2D eigenvalue weighted by molar-refractivity contribution is -0.387.